The van der Waals surface area contributed by atoms with Crippen molar-refractivity contribution in [3.63, 3.8) is 0 Å². The van der Waals surface area contributed by atoms with Crippen molar-refractivity contribution in [3.05, 3.63) is 29.8 Å². The number of benzene rings is 1. The Bertz CT molecular complexity index is 426. The Balaban J connectivity index is 2.14. The fourth-order valence-corrected chi connectivity index (χ4v) is 3.01. The fraction of sp³-hybridized carbons (Fsp3) is 0.625. The van der Waals surface area contributed by atoms with Crippen molar-refractivity contribution >= 4 is 0 Å². The summed E-state index contributed by atoms with van der Waals surface area (Å²) >= 11 is 0. The van der Waals surface area contributed by atoms with Gasteiger partial charge >= 0.3 is 0 Å². The van der Waals surface area contributed by atoms with Crippen molar-refractivity contribution in [3.8, 4) is 5.75 Å². The molecular weight excluding hydrogens is 260 g/mol. The van der Waals surface area contributed by atoms with Gasteiger partial charge < -0.3 is 10.1 Å². The van der Waals surface area contributed by atoms with E-state index in [9.17, 15) is 8.78 Å². The molecule has 112 valence electrons. The lowest BCUT2D eigenvalue weighted by atomic mass is 9.79. The van der Waals surface area contributed by atoms with E-state index in [-0.39, 0.29) is 24.8 Å². The molecule has 0 amide bonds. The number of nitrogens with one attached hydrogen (secondary N) is 1. The molecule has 1 aliphatic rings. The first-order valence-electron chi connectivity index (χ1n) is 7.31. The second kappa shape index (κ2) is 6.53. The van der Waals surface area contributed by atoms with Gasteiger partial charge in [0.1, 0.15) is 5.75 Å². The maximum absolute atomic E-state index is 13.3. The van der Waals surface area contributed by atoms with E-state index in [4.69, 9.17) is 4.74 Å². The van der Waals surface area contributed by atoms with Gasteiger partial charge in [-0.15, -0.1) is 0 Å². The number of alkyl halides is 2. The van der Waals surface area contributed by atoms with E-state index in [1.807, 2.05) is 31.2 Å². The van der Waals surface area contributed by atoms with Gasteiger partial charge in [-0.25, -0.2) is 8.78 Å². The SMILES string of the molecule is CCNC(c1cccc(OC)c1)C1CCC(F)(F)CC1. The minimum atomic E-state index is -2.47. The van der Waals surface area contributed by atoms with Crippen LogP contribution in [0.1, 0.15) is 44.2 Å². The average Bonchev–Trinajstić information content (AvgIpc) is 2.45. The zero-order valence-corrected chi connectivity index (χ0v) is 12.2. The lowest BCUT2D eigenvalue weighted by Crippen LogP contribution is -2.34. The molecule has 0 heterocycles. The first kappa shape index (κ1) is 15.2. The van der Waals surface area contributed by atoms with Crippen molar-refractivity contribution in [2.24, 2.45) is 5.92 Å². The molecule has 0 spiro atoms. The molecule has 0 radical (unpaired) electrons. The molecule has 1 aromatic carbocycles. The van der Waals surface area contributed by atoms with Gasteiger partial charge in [0.2, 0.25) is 5.92 Å². The van der Waals surface area contributed by atoms with Crippen LogP contribution in [0.25, 0.3) is 0 Å². The van der Waals surface area contributed by atoms with Crippen LogP contribution in [0.2, 0.25) is 0 Å². The van der Waals surface area contributed by atoms with Crippen LogP contribution in [0.4, 0.5) is 8.78 Å². The van der Waals surface area contributed by atoms with Crippen LogP contribution >= 0.6 is 0 Å². The topological polar surface area (TPSA) is 21.3 Å². The van der Waals surface area contributed by atoms with Gasteiger partial charge in [-0.1, -0.05) is 19.1 Å². The van der Waals surface area contributed by atoms with Crippen LogP contribution < -0.4 is 10.1 Å². The van der Waals surface area contributed by atoms with E-state index in [1.54, 1.807) is 7.11 Å². The highest BCUT2D eigenvalue weighted by Crippen LogP contribution is 2.41. The lowest BCUT2D eigenvalue weighted by molar-refractivity contribution is -0.0497. The van der Waals surface area contributed by atoms with Gasteiger partial charge in [-0.3, -0.25) is 0 Å². The molecule has 4 heteroatoms. The quantitative estimate of drug-likeness (QED) is 0.875. The Morgan fingerprint density at radius 3 is 2.65 bits per heavy atom. The molecule has 1 aliphatic carbocycles. The van der Waals surface area contributed by atoms with Crippen LogP contribution in [0, 0.1) is 5.92 Å². The summed E-state index contributed by atoms with van der Waals surface area (Å²) in [7, 11) is 1.64. The molecule has 2 nitrogen and oxygen atoms in total. The standard InChI is InChI=1S/C16H23F2NO/c1-3-19-15(12-7-9-16(17,18)10-8-12)13-5-4-6-14(11-13)20-2/h4-6,11-12,15,19H,3,7-10H2,1-2H3. The molecule has 0 aliphatic heterocycles. The highest BCUT2D eigenvalue weighted by molar-refractivity contribution is 5.31. The van der Waals surface area contributed by atoms with E-state index >= 15 is 0 Å². The van der Waals surface area contributed by atoms with Gasteiger partial charge in [-0.05, 0) is 43.0 Å². The van der Waals surface area contributed by atoms with Gasteiger partial charge in [0.25, 0.3) is 0 Å². The largest absolute Gasteiger partial charge is 0.497 e. The molecule has 1 aromatic rings. The Morgan fingerprint density at radius 2 is 2.05 bits per heavy atom. The molecule has 0 bridgehead atoms. The number of hydrogen-bond acceptors (Lipinski definition) is 2. The number of halogens is 2. The molecule has 1 atom stereocenters. The molecule has 1 unspecified atom stereocenters. The predicted molar refractivity (Wildman–Crippen MR) is 76.3 cm³/mol. The summed E-state index contributed by atoms with van der Waals surface area (Å²) in [6.45, 7) is 2.87. The molecule has 20 heavy (non-hydrogen) atoms. The van der Waals surface area contributed by atoms with Crippen LogP contribution in [0.5, 0.6) is 5.75 Å². The summed E-state index contributed by atoms with van der Waals surface area (Å²) in [6.07, 6.45) is 1.15. The Hall–Kier alpha value is -1.16. The first-order valence-corrected chi connectivity index (χ1v) is 7.31. The maximum Gasteiger partial charge on any atom is 0.248 e. The normalized spacial score (nSPS) is 20.6. The highest BCUT2D eigenvalue weighted by Gasteiger charge is 2.37. The molecule has 1 fully saturated rings. The third-order valence-corrected chi connectivity index (χ3v) is 4.11. The average molecular weight is 283 g/mol. The van der Waals surface area contributed by atoms with Gasteiger partial charge in [-0.2, -0.15) is 0 Å². The van der Waals surface area contributed by atoms with E-state index in [0.29, 0.717) is 12.8 Å². The Labute approximate surface area is 119 Å². The summed E-state index contributed by atoms with van der Waals surface area (Å²) in [5.41, 5.74) is 1.13. The third-order valence-electron chi connectivity index (χ3n) is 4.11. The lowest BCUT2D eigenvalue weighted by Gasteiger charge is -2.34. The van der Waals surface area contributed by atoms with Gasteiger partial charge in [0.05, 0.1) is 7.11 Å². The number of hydrogen-bond donors (Lipinski definition) is 1. The number of methoxy groups -OCH3 is 1. The van der Waals surface area contributed by atoms with Crippen molar-refractivity contribution in [1.29, 1.82) is 0 Å². The summed E-state index contributed by atoms with van der Waals surface area (Å²) in [6, 6.07) is 8.03. The molecule has 0 aromatic heterocycles. The fourth-order valence-electron chi connectivity index (χ4n) is 3.01. The summed E-state index contributed by atoms with van der Waals surface area (Å²) in [5, 5.41) is 3.45. The van der Waals surface area contributed by atoms with Crippen molar-refractivity contribution in [2.45, 2.75) is 44.6 Å². The van der Waals surface area contributed by atoms with E-state index in [2.05, 4.69) is 5.32 Å². The molecule has 0 saturated heterocycles. The summed E-state index contributed by atoms with van der Waals surface area (Å²) < 4.78 is 31.9. The van der Waals surface area contributed by atoms with Gasteiger partial charge in [0.15, 0.2) is 0 Å². The zero-order valence-electron chi connectivity index (χ0n) is 12.2. The summed E-state index contributed by atoms with van der Waals surface area (Å²) in [4.78, 5) is 0. The van der Waals surface area contributed by atoms with Crippen molar-refractivity contribution in [2.75, 3.05) is 13.7 Å². The first-order chi connectivity index (χ1) is 9.55. The molecule has 1 saturated carbocycles. The Kier molecular flexibility index (Phi) is 4.97. The smallest absolute Gasteiger partial charge is 0.248 e. The monoisotopic (exact) mass is 283 g/mol. The minimum Gasteiger partial charge on any atom is -0.497 e. The van der Waals surface area contributed by atoms with E-state index in [1.165, 1.54) is 0 Å². The zero-order chi connectivity index (χ0) is 14.6. The van der Waals surface area contributed by atoms with Crippen LogP contribution in [0.15, 0.2) is 24.3 Å². The Morgan fingerprint density at radius 1 is 1.35 bits per heavy atom. The highest BCUT2D eigenvalue weighted by atomic mass is 19.3. The van der Waals surface area contributed by atoms with Crippen LogP contribution in [0.3, 0.4) is 0 Å². The molecule has 1 N–H and O–H groups in total. The van der Waals surface area contributed by atoms with Crippen LogP contribution in [-0.2, 0) is 0 Å². The van der Waals surface area contributed by atoms with Crippen molar-refractivity contribution < 1.29 is 13.5 Å². The second-order valence-electron chi connectivity index (χ2n) is 5.51. The summed E-state index contributed by atoms with van der Waals surface area (Å²) in [5.74, 6) is -1.39. The van der Waals surface area contributed by atoms with E-state index < -0.39 is 5.92 Å². The maximum atomic E-state index is 13.3. The molecule has 2 rings (SSSR count). The van der Waals surface area contributed by atoms with Crippen molar-refractivity contribution in [1.82, 2.24) is 5.32 Å². The van der Waals surface area contributed by atoms with E-state index in [0.717, 1.165) is 17.9 Å². The second-order valence-corrected chi connectivity index (χ2v) is 5.51. The predicted octanol–water partition coefficient (Wildman–Crippen LogP) is 4.17. The third kappa shape index (κ3) is 3.69. The van der Waals surface area contributed by atoms with Crippen LogP contribution in [-0.4, -0.2) is 19.6 Å². The molecular formula is C16H23F2NO. The minimum absolute atomic E-state index is 0.00350. The number of ether oxygens (including phenoxy) is 1. The number of rotatable bonds is 5. The van der Waals surface area contributed by atoms with Gasteiger partial charge in [0, 0.05) is 18.9 Å².